The van der Waals surface area contributed by atoms with Gasteiger partial charge in [-0.15, -0.1) is 0 Å². The van der Waals surface area contributed by atoms with Gasteiger partial charge in [0.15, 0.2) is 0 Å². The minimum absolute atomic E-state index is 0.00316. The molecule has 4 rings (SSSR count). The number of furan rings is 1. The lowest BCUT2D eigenvalue weighted by Gasteiger charge is -2.65. The summed E-state index contributed by atoms with van der Waals surface area (Å²) in [4.78, 5) is 0. The summed E-state index contributed by atoms with van der Waals surface area (Å²) in [7, 11) is 0. The van der Waals surface area contributed by atoms with E-state index in [0.717, 1.165) is 30.6 Å². The second-order valence-corrected chi connectivity index (χ2v) is 9.37. The largest absolute Gasteiger partial charge is 0.469 e. The van der Waals surface area contributed by atoms with E-state index in [4.69, 9.17) is 4.42 Å². The van der Waals surface area contributed by atoms with Gasteiger partial charge in [-0.1, -0.05) is 20.3 Å². The molecule has 3 aliphatic rings. The number of hydrogen-bond donors (Lipinski definition) is 4. The van der Waals surface area contributed by atoms with Crippen LogP contribution in [0, 0.1) is 28.6 Å². The molecule has 1 aromatic heterocycles. The molecular formula is C20H30O5. The fraction of sp³-hybridized carbons (Fsp3) is 0.800. The molecule has 0 radical (unpaired) electrons. The van der Waals surface area contributed by atoms with Crippen LogP contribution >= 0.6 is 0 Å². The molecule has 25 heavy (non-hydrogen) atoms. The maximum atomic E-state index is 11.3. The first kappa shape index (κ1) is 17.5. The van der Waals surface area contributed by atoms with Crippen LogP contribution in [-0.2, 0) is 12.0 Å². The summed E-state index contributed by atoms with van der Waals surface area (Å²) < 4.78 is 5.65. The monoisotopic (exact) mass is 350 g/mol. The quantitative estimate of drug-likeness (QED) is 0.620. The Morgan fingerprint density at radius 3 is 2.56 bits per heavy atom. The smallest absolute Gasteiger partial charge is 0.110 e. The van der Waals surface area contributed by atoms with E-state index in [9.17, 15) is 20.4 Å². The van der Waals surface area contributed by atoms with Crippen molar-refractivity contribution in [1.82, 2.24) is 0 Å². The van der Waals surface area contributed by atoms with Gasteiger partial charge in [0, 0.05) is 30.4 Å². The van der Waals surface area contributed by atoms with Gasteiger partial charge in [-0.25, -0.2) is 0 Å². The highest BCUT2D eigenvalue weighted by Gasteiger charge is 2.66. The molecule has 8 atom stereocenters. The van der Waals surface area contributed by atoms with Crippen molar-refractivity contribution < 1.29 is 24.8 Å². The molecule has 0 amide bonds. The van der Waals surface area contributed by atoms with Crippen molar-refractivity contribution in [3.63, 3.8) is 0 Å². The normalized spacial score (nSPS) is 52.2. The van der Waals surface area contributed by atoms with E-state index in [0.29, 0.717) is 6.42 Å². The van der Waals surface area contributed by atoms with E-state index in [2.05, 4.69) is 6.92 Å². The van der Waals surface area contributed by atoms with E-state index in [1.54, 1.807) is 19.3 Å². The second-order valence-electron chi connectivity index (χ2n) is 9.37. The Labute approximate surface area is 148 Å². The number of fused-ring (bicyclic) bond motifs is 4. The predicted octanol–water partition coefficient (Wildman–Crippen LogP) is 1.82. The molecule has 0 spiro atoms. The van der Waals surface area contributed by atoms with Crippen molar-refractivity contribution in [2.45, 2.75) is 64.3 Å². The lowest BCUT2D eigenvalue weighted by molar-refractivity contribution is -0.256. The maximum absolute atomic E-state index is 11.3. The molecule has 0 bridgehead atoms. The summed E-state index contributed by atoms with van der Waals surface area (Å²) >= 11 is 0. The molecule has 2 fully saturated rings. The molecule has 1 aromatic rings. The first-order chi connectivity index (χ1) is 11.7. The third-order valence-electron chi connectivity index (χ3n) is 7.97. The zero-order chi connectivity index (χ0) is 18.2. The molecule has 3 aliphatic carbocycles. The van der Waals surface area contributed by atoms with Crippen molar-refractivity contribution in [2.24, 2.45) is 28.6 Å². The van der Waals surface area contributed by atoms with Crippen LogP contribution in [0.3, 0.4) is 0 Å². The predicted molar refractivity (Wildman–Crippen MR) is 91.6 cm³/mol. The van der Waals surface area contributed by atoms with Gasteiger partial charge in [0.1, 0.15) is 5.76 Å². The van der Waals surface area contributed by atoms with Gasteiger partial charge in [0.05, 0.1) is 24.1 Å². The van der Waals surface area contributed by atoms with Gasteiger partial charge in [-0.3, -0.25) is 0 Å². The number of rotatable bonds is 1. The van der Waals surface area contributed by atoms with Crippen LogP contribution in [0.5, 0.6) is 0 Å². The van der Waals surface area contributed by atoms with Gasteiger partial charge in [-0.2, -0.15) is 0 Å². The third kappa shape index (κ3) is 2.10. The highest BCUT2D eigenvalue weighted by atomic mass is 16.3. The summed E-state index contributed by atoms with van der Waals surface area (Å²) in [5.41, 5.74) is -1.21. The minimum atomic E-state index is -1.24. The fourth-order valence-corrected chi connectivity index (χ4v) is 6.85. The van der Waals surface area contributed by atoms with Crippen molar-refractivity contribution in [1.29, 1.82) is 0 Å². The molecule has 4 N–H and O–H groups in total. The average molecular weight is 350 g/mol. The van der Waals surface area contributed by atoms with Crippen LogP contribution in [0.25, 0.3) is 0 Å². The van der Waals surface area contributed by atoms with Crippen molar-refractivity contribution in [3.05, 3.63) is 23.7 Å². The van der Waals surface area contributed by atoms with Crippen molar-refractivity contribution in [2.75, 3.05) is 6.61 Å². The molecule has 0 aromatic carbocycles. The molecule has 5 nitrogen and oxygen atoms in total. The van der Waals surface area contributed by atoms with E-state index < -0.39 is 29.1 Å². The number of aliphatic hydroxyl groups is 4. The Bertz CT molecular complexity index is 667. The average Bonchev–Trinajstić information content (AvgIpc) is 3.02. The van der Waals surface area contributed by atoms with Gasteiger partial charge in [-0.05, 0) is 42.6 Å². The molecule has 2 saturated carbocycles. The zero-order valence-corrected chi connectivity index (χ0v) is 15.3. The van der Waals surface area contributed by atoms with Crippen molar-refractivity contribution >= 4 is 0 Å². The summed E-state index contributed by atoms with van der Waals surface area (Å²) in [6.45, 7) is 5.91. The third-order valence-corrected chi connectivity index (χ3v) is 7.97. The maximum Gasteiger partial charge on any atom is 0.110 e. The number of aliphatic hydroxyl groups excluding tert-OH is 3. The Hall–Kier alpha value is -0.880. The lowest BCUT2D eigenvalue weighted by Crippen LogP contribution is -2.68. The molecular weight excluding hydrogens is 320 g/mol. The van der Waals surface area contributed by atoms with Crippen LogP contribution in [0.2, 0.25) is 0 Å². The highest BCUT2D eigenvalue weighted by molar-refractivity contribution is 5.32. The lowest BCUT2D eigenvalue weighted by atomic mass is 9.41. The summed E-state index contributed by atoms with van der Waals surface area (Å²) in [6.07, 6.45) is 3.01. The van der Waals surface area contributed by atoms with Crippen LogP contribution in [-0.4, -0.2) is 39.2 Å². The molecule has 140 valence electrons. The van der Waals surface area contributed by atoms with Crippen molar-refractivity contribution in [3.8, 4) is 0 Å². The molecule has 8 unspecified atom stereocenters. The van der Waals surface area contributed by atoms with E-state index in [1.807, 2.05) is 6.92 Å². The molecule has 0 saturated heterocycles. The van der Waals surface area contributed by atoms with E-state index in [1.165, 1.54) is 0 Å². The molecule has 5 heteroatoms. The van der Waals surface area contributed by atoms with Gasteiger partial charge < -0.3 is 24.8 Å². The standard InChI is InChI=1S/C20H30O5/c1-18(10-21)6-4-7-19(2)12-9-13-11(5-8-25-13)20(3,24)14(12)15(22)16(23)17(18)19/h5,8,12,14-17,21-24H,4,6-7,9-10H2,1-3H3. The fourth-order valence-electron chi connectivity index (χ4n) is 6.85. The van der Waals surface area contributed by atoms with Crippen LogP contribution < -0.4 is 0 Å². The second kappa shape index (κ2) is 5.32. The van der Waals surface area contributed by atoms with Gasteiger partial charge in [0.2, 0.25) is 0 Å². The Kier molecular flexibility index (Phi) is 3.73. The van der Waals surface area contributed by atoms with Gasteiger partial charge in [0.25, 0.3) is 0 Å². The minimum Gasteiger partial charge on any atom is -0.469 e. The van der Waals surface area contributed by atoms with E-state index in [-0.39, 0.29) is 23.9 Å². The first-order valence-corrected chi connectivity index (χ1v) is 9.43. The molecule has 1 heterocycles. The van der Waals surface area contributed by atoms with Crippen LogP contribution in [0.4, 0.5) is 0 Å². The number of hydrogen-bond acceptors (Lipinski definition) is 5. The topological polar surface area (TPSA) is 94.1 Å². The summed E-state index contributed by atoms with van der Waals surface area (Å²) in [5, 5.41) is 43.5. The summed E-state index contributed by atoms with van der Waals surface area (Å²) in [5.74, 6) is 0.124. The Morgan fingerprint density at radius 2 is 1.88 bits per heavy atom. The first-order valence-electron chi connectivity index (χ1n) is 9.43. The molecule has 0 aliphatic heterocycles. The highest BCUT2D eigenvalue weighted by Crippen LogP contribution is 2.65. The Morgan fingerprint density at radius 1 is 1.16 bits per heavy atom. The Balaban J connectivity index is 1.87. The SMILES string of the molecule is CC1(CO)CCCC2(C)C3Cc4occc4C(C)(O)C3C(O)C(O)C12. The van der Waals surface area contributed by atoms with Crippen LogP contribution in [0.15, 0.2) is 16.7 Å². The van der Waals surface area contributed by atoms with E-state index >= 15 is 0 Å². The zero-order valence-electron chi connectivity index (χ0n) is 15.3. The summed E-state index contributed by atoms with van der Waals surface area (Å²) in [6, 6.07) is 1.78. The van der Waals surface area contributed by atoms with Gasteiger partial charge >= 0.3 is 0 Å². The van der Waals surface area contributed by atoms with Crippen LogP contribution in [0.1, 0.15) is 51.4 Å².